The average Bonchev–Trinajstić information content (AvgIpc) is 3.11. The fraction of sp³-hybridized carbons (Fsp3) is 0.440. The fourth-order valence-corrected chi connectivity index (χ4v) is 4.59. The van der Waals surface area contributed by atoms with Gasteiger partial charge in [-0.15, -0.1) is 0 Å². The first-order chi connectivity index (χ1) is 14.1. The van der Waals surface area contributed by atoms with Crippen LogP contribution in [0, 0.1) is 13.8 Å². The first-order valence-corrected chi connectivity index (χ1v) is 10.9. The van der Waals surface area contributed by atoms with E-state index in [-0.39, 0.29) is 6.04 Å². The van der Waals surface area contributed by atoms with E-state index in [1.807, 2.05) is 0 Å². The minimum absolute atomic E-state index is 0.178. The monoisotopic (exact) mass is 391 g/mol. The first kappa shape index (κ1) is 20.0. The molecule has 0 fully saturated rings. The van der Waals surface area contributed by atoms with Gasteiger partial charge in [-0.3, -0.25) is 0 Å². The summed E-state index contributed by atoms with van der Waals surface area (Å²) in [5.74, 6) is 0.951. The molecule has 154 valence electrons. The molecular weight excluding hydrogens is 358 g/mol. The van der Waals surface area contributed by atoms with Crippen molar-refractivity contribution in [3.8, 4) is 5.75 Å². The van der Waals surface area contributed by atoms with Gasteiger partial charge < -0.3 is 19.9 Å². The van der Waals surface area contributed by atoms with E-state index in [4.69, 9.17) is 4.74 Å². The number of aromatic nitrogens is 1. The molecule has 2 N–H and O–H groups in total. The molecule has 0 saturated heterocycles. The Hall–Kier alpha value is -2.30. The largest absolute Gasteiger partial charge is 0.492 e. The average molecular weight is 392 g/mol. The molecule has 0 radical (unpaired) electrons. The number of fused-ring (bicyclic) bond motifs is 3. The number of nitrogens with one attached hydrogen (secondary N) is 2. The van der Waals surface area contributed by atoms with E-state index in [9.17, 15) is 0 Å². The van der Waals surface area contributed by atoms with Crippen LogP contribution in [-0.4, -0.2) is 42.7 Å². The third-order valence-corrected chi connectivity index (χ3v) is 6.16. The molecule has 1 aromatic heterocycles. The Labute approximate surface area is 174 Å². The van der Waals surface area contributed by atoms with Crippen molar-refractivity contribution in [3.63, 3.8) is 0 Å². The van der Waals surface area contributed by atoms with E-state index in [0.717, 1.165) is 45.0 Å². The standard InChI is InChI=1S/C25H33N3O/c1-5-28(6-2)12-13-29-20-9-7-8-19(16-20)24-25-21(10-11-26-24)22-15-17(3)14-18(4)23(22)27-25/h7-9,14-16,24,26-27H,5-6,10-13H2,1-4H3. The van der Waals surface area contributed by atoms with Crippen LogP contribution in [0.15, 0.2) is 36.4 Å². The molecule has 0 saturated carbocycles. The van der Waals surface area contributed by atoms with Crippen LogP contribution in [0.4, 0.5) is 0 Å². The van der Waals surface area contributed by atoms with Crippen LogP contribution in [-0.2, 0) is 6.42 Å². The van der Waals surface area contributed by atoms with Gasteiger partial charge in [-0.2, -0.15) is 0 Å². The molecule has 2 heterocycles. The van der Waals surface area contributed by atoms with Crippen molar-refractivity contribution < 1.29 is 4.74 Å². The van der Waals surface area contributed by atoms with Gasteiger partial charge in [-0.05, 0) is 68.2 Å². The lowest BCUT2D eigenvalue weighted by atomic mass is 9.93. The minimum atomic E-state index is 0.178. The van der Waals surface area contributed by atoms with E-state index < -0.39 is 0 Å². The molecule has 4 heteroatoms. The zero-order chi connectivity index (χ0) is 20.4. The van der Waals surface area contributed by atoms with E-state index in [0.29, 0.717) is 0 Å². The lowest BCUT2D eigenvalue weighted by Gasteiger charge is -2.25. The third-order valence-electron chi connectivity index (χ3n) is 6.16. The molecule has 2 aromatic carbocycles. The summed E-state index contributed by atoms with van der Waals surface area (Å²) in [5, 5.41) is 5.10. The highest BCUT2D eigenvalue weighted by molar-refractivity contribution is 5.88. The second-order valence-corrected chi connectivity index (χ2v) is 8.11. The quantitative estimate of drug-likeness (QED) is 0.611. The van der Waals surface area contributed by atoms with Gasteiger partial charge in [0.2, 0.25) is 0 Å². The maximum atomic E-state index is 6.07. The Balaban J connectivity index is 1.60. The van der Waals surface area contributed by atoms with Crippen molar-refractivity contribution in [3.05, 3.63) is 64.3 Å². The van der Waals surface area contributed by atoms with Crippen LogP contribution in [0.3, 0.4) is 0 Å². The van der Waals surface area contributed by atoms with E-state index >= 15 is 0 Å². The Morgan fingerprint density at radius 1 is 1.10 bits per heavy atom. The van der Waals surface area contributed by atoms with Crippen LogP contribution in [0.1, 0.15) is 47.8 Å². The maximum Gasteiger partial charge on any atom is 0.119 e. The Bertz CT molecular complexity index is 987. The number of hydrogen-bond acceptors (Lipinski definition) is 3. The van der Waals surface area contributed by atoms with Gasteiger partial charge in [-0.25, -0.2) is 0 Å². The van der Waals surface area contributed by atoms with E-state index in [2.05, 4.69) is 79.3 Å². The Kier molecular flexibility index (Phi) is 5.93. The molecule has 0 amide bonds. The number of likely N-dealkylation sites (N-methyl/N-ethyl adjacent to an activating group) is 1. The highest BCUT2D eigenvalue weighted by atomic mass is 16.5. The topological polar surface area (TPSA) is 40.3 Å². The molecule has 0 spiro atoms. The Morgan fingerprint density at radius 3 is 2.72 bits per heavy atom. The summed E-state index contributed by atoms with van der Waals surface area (Å²) in [6.07, 6.45) is 1.06. The van der Waals surface area contributed by atoms with Crippen molar-refractivity contribution in [1.29, 1.82) is 0 Å². The van der Waals surface area contributed by atoms with Crippen LogP contribution < -0.4 is 10.1 Å². The summed E-state index contributed by atoms with van der Waals surface area (Å²) >= 11 is 0. The number of rotatable bonds is 7. The van der Waals surface area contributed by atoms with Crippen LogP contribution in [0.5, 0.6) is 5.75 Å². The minimum Gasteiger partial charge on any atom is -0.492 e. The van der Waals surface area contributed by atoms with Crippen molar-refractivity contribution in [2.45, 2.75) is 40.2 Å². The first-order valence-electron chi connectivity index (χ1n) is 10.9. The predicted molar refractivity (Wildman–Crippen MR) is 121 cm³/mol. The number of H-pyrrole nitrogens is 1. The van der Waals surface area contributed by atoms with Gasteiger partial charge >= 0.3 is 0 Å². The maximum absolute atomic E-state index is 6.07. The third kappa shape index (κ3) is 4.05. The summed E-state index contributed by atoms with van der Waals surface area (Å²) < 4.78 is 6.07. The van der Waals surface area contributed by atoms with Crippen molar-refractivity contribution in [1.82, 2.24) is 15.2 Å². The predicted octanol–water partition coefficient (Wildman–Crippen LogP) is 4.74. The molecular formula is C25H33N3O. The normalized spacial score (nSPS) is 16.4. The van der Waals surface area contributed by atoms with Crippen molar-refractivity contribution in [2.24, 2.45) is 0 Å². The fourth-order valence-electron chi connectivity index (χ4n) is 4.59. The number of benzene rings is 2. The molecule has 4 nitrogen and oxygen atoms in total. The van der Waals surface area contributed by atoms with Gasteiger partial charge in [0.05, 0.1) is 6.04 Å². The molecule has 0 bridgehead atoms. The molecule has 0 aliphatic carbocycles. The summed E-state index contributed by atoms with van der Waals surface area (Å²) in [6, 6.07) is 13.3. The molecule has 1 unspecified atom stereocenters. The molecule has 1 aliphatic rings. The smallest absolute Gasteiger partial charge is 0.119 e. The number of aromatic amines is 1. The van der Waals surface area contributed by atoms with Gasteiger partial charge in [0, 0.05) is 29.7 Å². The zero-order valence-electron chi connectivity index (χ0n) is 18.1. The van der Waals surface area contributed by atoms with Gasteiger partial charge in [0.15, 0.2) is 0 Å². The van der Waals surface area contributed by atoms with E-state index in [1.165, 1.54) is 38.9 Å². The van der Waals surface area contributed by atoms with Crippen LogP contribution in [0.25, 0.3) is 10.9 Å². The molecule has 4 rings (SSSR count). The summed E-state index contributed by atoms with van der Waals surface area (Å²) in [5.41, 5.74) is 7.95. The SMILES string of the molecule is CCN(CC)CCOc1cccc(C2NCCc3c2[nH]c2c(C)cc(C)cc32)c1. The molecule has 1 atom stereocenters. The van der Waals surface area contributed by atoms with Gasteiger partial charge in [0.25, 0.3) is 0 Å². The van der Waals surface area contributed by atoms with Crippen LogP contribution >= 0.6 is 0 Å². The highest BCUT2D eigenvalue weighted by Gasteiger charge is 2.26. The number of hydrogen-bond donors (Lipinski definition) is 2. The lowest BCUT2D eigenvalue weighted by molar-refractivity contribution is 0.222. The van der Waals surface area contributed by atoms with Gasteiger partial charge in [0.1, 0.15) is 12.4 Å². The van der Waals surface area contributed by atoms with E-state index in [1.54, 1.807) is 0 Å². The highest BCUT2D eigenvalue weighted by Crippen LogP contribution is 2.35. The number of nitrogens with zero attached hydrogens (tertiary/aromatic N) is 1. The van der Waals surface area contributed by atoms with Gasteiger partial charge in [-0.1, -0.05) is 37.6 Å². The second kappa shape index (κ2) is 8.60. The van der Waals surface area contributed by atoms with Crippen LogP contribution in [0.2, 0.25) is 0 Å². The number of ether oxygens (including phenoxy) is 1. The molecule has 3 aromatic rings. The molecule has 29 heavy (non-hydrogen) atoms. The lowest BCUT2D eigenvalue weighted by Crippen LogP contribution is -2.30. The molecule has 1 aliphatic heterocycles. The summed E-state index contributed by atoms with van der Waals surface area (Å²) in [6.45, 7) is 13.6. The second-order valence-electron chi connectivity index (χ2n) is 8.11. The summed E-state index contributed by atoms with van der Waals surface area (Å²) in [7, 11) is 0. The van der Waals surface area contributed by atoms with Crippen molar-refractivity contribution >= 4 is 10.9 Å². The van der Waals surface area contributed by atoms with Crippen molar-refractivity contribution in [2.75, 3.05) is 32.8 Å². The summed E-state index contributed by atoms with van der Waals surface area (Å²) in [4.78, 5) is 6.13. The zero-order valence-corrected chi connectivity index (χ0v) is 18.1. The Morgan fingerprint density at radius 2 is 1.93 bits per heavy atom. The number of aryl methyl sites for hydroxylation is 2.